The first-order valence-electron chi connectivity index (χ1n) is 11.5. The number of carboxylic acid groups (broad SMARTS) is 1. The van der Waals surface area contributed by atoms with Crippen molar-refractivity contribution in [3.8, 4) is 23.0 Å². The molecule has 0 heterocycles. The number of rotatable bonds is 7. The Morgan fingerprint density at radius 1 is 1.06 bits per heavy atom. The molecule has 0 spiro atoms. The standard InChI is InChI=1S/C27H28N2O5/c1-2-3-12-24(26(31)32)29-25(30)17-13-14-18(15-17)28-27(33)34-16-23-21-10-6-4-8-19(21)20-9-5-7-11-22(20)23/h4-11,17-18,23-24H,12-16H2,1H3,(H,28,33)(H,29,30)(H,31,32). The van der Waals surface area contributed by atoms with Gasteiger partial charge in [0.05, 0.1) is 0 Å². The summed E-state index contributed by atoms with van der Waals surface area (Å²) >= 11 is 0. The van der Waals surface area contributed by atoms with Gasteiger partial charge in [-0.3, -0.25) is 4.79 Å². The quantitative estimate of drug-likeness (QED) is 0.547. The van der Waals surface area contributed by atoms with Gasteiger partial charge in [0.2, 0.25) is 5.91 Å². The molecule has 7 nitrogen and oxygen atoms in total. The van der Waals surface area contributed by atoms with E-state index in [9.17, 15) is 19.5 Å². The molecular weight excluding hydrogens is 432 g/mol. The Bertz CT molecular complexity index is 1100. The van der Waals surface area contributed by atoms with Gasteiger partial charge in [0.15, 0.2) is 0 Å². The van der Waals surface area contributed by atoms with Gasteiger partial charge in [-0.2, -0.15) is 0 Å². The van der Waals surface area contributed by atoms with Crippen LogP contribution in [-0.4, -0.2) is 41.8 Å². The lowest BCUT2D eigenvalue weighted by molar-refractivity contribution is -0.142. The maximum absolute atomic E-state index is 12.5. The minimum atomic E-state index is -1.11. The van der Waals surface area contributed by atoms with Crippen molar-refractivity contribution in [3.63, 3.8) is 0 Å². The summed E-state index contributed by atoms with van der Waals surface area (Å²) in [5.74, 6) is 3.54. The predicted octanol–water partition coefficient (Wildman–Crippen LogP) is 3.68. The second-order valence-electron chi connectivity index (χ2n) is 8.71. The van der Waals surface area contributed by atoms with Gasteiger partial charge < -0.3 is 20.5 Å². The largest absolute Gasteiger partial charge is 0.480 e. The van der Waals surface area contributed by atoms with Crippen LogP contribution >= 0.6 is 0 Å². The maximum atomic E-state index is 12.5. The molecule has 3 atom stereocenters. The fourth-order valence-corrected chi connectivity index (χ4v) is 4.85. The van der Waals surface area contributed by atoms with Gasteiger partial charge in [-0.25, -0.2) is 9.59 Å². The number of amides is 2. The number of carbonyl (C=O) groups excluding carboxylic acids is 2. The number of fused-ring (bicyclic) bond motifs is 3. The zero-order valence-corrected chi connectivity index (χ0v) is 19.0. The molecule has 3 unspecified atom stereocenters. The molecule has 0 bridgehead atoms. The number of alkyl carbamates (subject to hydrolysis) is 1. The molecule has 0 saturated heterocycles. The van der Waals surface area contributed by atoms with Crippen LogP contribution in [0, 0.1) is 17.8 Å². The average molecular weight is 461 g/mol. The summed E-state index contributed by atoms with van der Waals surface area (Å²) < 4.78 is 5.59. The molecule has 1 saturated carbocycles. The van der Waals surface area contributed by atoms with Crippen LogP contribution in [0.25, 0.3) is 11.1 Å². The Hall–Kier alpha value is -3.79. The smallest absolute Gasteiger partial charge is 0.407 e. The molecule has 176 valence electrons. The third kappa shape index (κ3) is 5.07. The van der Waals surface area contributed by atoms with Crippen molar-refractivity contribution in [1.29, 1.82) is 0 Å². The van der Waals surface area contributed by atoms with Crippen molar-refractivity contribution < 1.29 is 24.2 Å². The molecule has 2 aromatic rings. The Balaban J connectivity index is 1.29. The molecule has 34 heavy (non-hydrogen) atoms. The van der Waals surface area contributed by atoms with E-state index in [0.717, 1.165) is 11.1 Å². The van der Waals surface area contributed by atoms with Crippen molar-refractivity contribution in [2.75, 3.05) is 6.61 Å². The number of nitrogens with one attached hydrogen (secondary N) is 2. The summed E-state index contributed by atoms with van der Waals surface area (Å²) in [6, 6.07) is 15.1. The molecule has 2 aliphatic rings. The van der Waals surface area contributed by atoms with E-state index in [0.29, 0.717) is 19.3 Å². The second-order valence-corrected chi connectivity index (χ2v) is 8.71. The first-order valence-corrected chi connectivity index (χ1v) is 11.5. The zero-order valence-electron chi connectivity index (χ0n) is 19.0. The minimum absolute atomic E-state index is 0.0144. The highest BCUT2D eigenvalue weighted by molar-refractivity contribution is 5.85. The summed E-state index contributed by atoms with van der Waals surface area (Å²) in [6.45, 7) is 1.85. The monoisotopic (exact) mass is 460 g/mol. The van der Waals surface area contributed by atoms with Gasteiger partial charge in [-0.1, -0.05) is 48.5 Å². The van der Waals surface area contributed by atoms with Crippen molar-refractivity contribution in [3.05, 3.63) is 59.7 Å². The summed E-state index contributed by atoms with van der Waals surface area (Å²) in [5, 5.41) is 14.7. The SMILES string of the molecule is CC#CCC(NC(=O)C1CCC(NC(=O)OCC2c3ccccc3-c3ccccc32)C1)C(=O)O. The number of hydrogen-bond donors (Lipinski definition) is 3. The molecule has 3 N–H and O–H groups in total. The van der Waals surface area contributed by atoms with Crippen molar-refractivity contribution in [1.82, 2.24) is 10.6 Å². The maximum Gasteiger partial charge on any atom is 0.407 e. The molecule has 2 aromatic carbocycles. The topological polar surface area (TPSA) is 105 Å². The van der Waals surface area contributed by atoms with Crippen LogP contribution in [0.3, 0.4) is 0 Å². The summed E-state index contributed by atoms with van der Waals surface area (Å²) in [6.07, 6.45) is 1.21. The normalized spacial score (nSPS) is 19.2. The third-order valence-corrected chi connectivity index (χ3v) is 6.57. The molecule has 2 amide bonds. The van der Waals surface area contributed by atoms with E-state index in [4.69, 9.17) is 4.74 Å². The molecule has 4 rings (SSSR count). The highest BCUT2D eigenvalue weighted by Crippen LogP contribution is 2.44. The molecule has 1 fully saturated rings. The lowest BCUT2D eigenvalue weighted by Gasteiger charge is -2.18. The van der Waals surface area contributed by atoms with Crippen LogP contribution in [0.5, 0.6) is 0 Å². The van der Waals surface area contributed by atoms with Crippen LogP contribution in [0.2, 0.25) is 0 Å². The summed E-state index contributed by atoms with van der Waals surface area (Å²) in [7, 11) is 0. The van der Waals surface area contributed by atoms with E-state index in [-0.39, 0.29) is 36.8 Å². The van der Waals surface area contributed by atoms with E-state index >= 15 is 0 Å². The van der Waals surface area contributed by atoms with Crippen molar-refractivity contribution in [2.45, 2.75) is 50.6 Å². The van der Waals surface area contributed by atoms with E-state index in [2.05, 4.69) is 46.7 Å². The van der Waals surface area contributed by atoms with Gasteiger partial charge in [-0.15, -0.1) is 11.8 Å². The lowest BCUT2D eigenvalue weighted by atomic mass is 9.98. The predicted molar refractivity (Wildman–Crippen MR) is 127 cm³/mol. The van der Waals surface area contributed by atoms with Crippen LogP contribution in [0.15, 0.2) is 48.5 Å². The summed E-state index contributed by atoms with van der Waals surface area (Å²) in [4.78, 5) is 36.4. The third-order valence-electron chi connectivity index (χ3n) is 6.57. The Labute approximate surface area is 198 Å². The van der Waals surface area contributed by atoms with Gasteiger partial charge in [0.1, 0.15) is 12.6 Å². The number of carboxylic acids is 1. The molecule has 0 radical (unpaired) electrons. The minimum Gasteiger partial charge on any atom is -0.480 e. The molecular formula is C27H28N2O5. The fraction of sp³-hybridized carbons (Fsp3) is 0.370. The highest BCUT2D eigenvalue weighted by Gasteiger charge is 2.34. The van der Waals surface area contributed by atoms with E-state index < -0.39 is 18.1 Å². The first kappa shape index (κ1) is 23.4. The first-order chi connectivity index (χ1) is 16.5. The Morgan fingerprint density at radius 2 is 1.71 bits per heavy atom. The van der Waals surface area contributed by atoms with Crippen LogP contribution in [0.1, 0.15) is 49.7 Å². The van der Waals surface area contributed by atoms with Crippen molar-refractivity contribution >= 4 is 18.0 Å². The second kappa shape index (κ2) is 10.4. The highest BCUT2D eigenvalue weighted by atomic mass is 16.5. The zero-order chi connectivity index (χ0) is 24.1. The molecule has 2 aliphatic carbocycles. The number of carbonyl (C=O) groups is 3. The molecule has 0 aliphatic heterocycles. The molecule has 7 heteroatoms. The van der Waals surface area contributed by atoms with Gasteiger partial charge >= 0.3 is 12.1 Å². The van der Waals surface area contributed by atoms with Crippen LogP contribution in [-0.2, 0) is 14.3 Å². The van der Waals surface area contributed by atoms with Crippen LogP contribution < -0.4 is 10.6 Å². The summed E-state index contributed by atoms with van der Waals surface area (Å²) in [5.41, 5.74) is 4.63. The van der Waals surface area contributed by atoms with Crippen LogP contribution in [0.4, 0.5) is 4.79 Å². The Kier molecular flexibility index (Phi) is 7.17. The number of hydrogen-bond acceptors (Lipinski definition) is 4. The number of benzene rings is 2. The average Bonchev–Trinajstić information content (AvgIpc) is 3.43. The fourth-order valence-electron chi connectivity index (χ4n) is 4.85. The molecule has 0 aromatic heterocycles. The lowest BCUT2D eigenvalue weighted by Crippen LogP contribution is -2.43. The van der Waals surface area contributed by atoms with Gasteiger partial charge in [0.25, 0.3) is 0 Å². The van der Waals surface area contributed by atoms with Gasteiger partial charge in [-0.05, 0) is 48.4 Å². The van der Waals surface area contributed by atoms with Gasteiger partial charge in [0, 0.05) is 24.3 Å². The van der Waals surface area contributed by atoms with E-state index in [1.165, 1.54) is 11.1 Å². The van der Waals surface area contributed by atoms with Crippen molar-refractivity contribution in [2.24, 2.45) is 5.92 Å². The number of ether oxygens (including phenoxy) is 1. The Morgan fingerprint density at radius 3 is 2.32 bits per heavy atom. The van der Waals surface area contributed by atoms with E-state index in [1.807, 2.05) is 24.3 Å². The van der Waals surface area contributed by atoms with E-state index in [1.54, 1.807) is 6.92 Å². The number of aliphatic carboxylic acids is 1.